The number of methoxy groups -OCH3 is 1. The smallest absolute Gasteiger partial charge is 0.333 e. The van der Waals surface area contributed by atoms with Gasteiger partial charge in [0.15, 0.2) is 6.04 Å². The maximum Gasteiger partial charge on any atom is 0.333 e. The Labute approximate surface area is 159 Å². The molecule has 5 nitrogen and oxygen atoms in total. The molecule has 1 saturated carbocycles. The van der Waals surface area contributed by atoms with Crippen LogP contribution in [0.15, 0.2) is 42.5 Å². The van der Waals surface area contributed by atoms with E-state index in [1.165, 1.54) is 20.0 Å². The van der Waals surface area contributed by atoms with Crippen molar-refractivity contribution in [3.8, 4) is 11.8 Å². The molecule has 0 amide bonds. The van der Waals surface area contributed by atoms with E-state index >= 15 is 0 Å². The summed E-state index contributed by atoms with van der Waals surface area (Å²) in [5.74, 6) is 0.936. The number of carbonyl (C=O) groups excluding carboxylic acids is 1. The molecule has 1 fully saturated rings. The minimum absolute atomic E-state index is 0.385. The summed E-state index contributed by atoms with van der Waals surface area (Å²) in [6, 6.07) is 14.4. The quantitative estimate of drug-likeness (QED) is 0.710. The van der Waals surface area contributed by atoms with Crippen molar-refractivity contribution < 1.29 is 14.3 Å². The molecule has 5 heteroatoms. The minimum atomic E-state index is -0.691. The van der Waals surface area contributed by atoms with E-state index in [0.29, 0.717) is 23.8 Å². The van der Waals surface area contributed by atoms with Crippen LogP contribution in [-0.2, 0) is 16.0 Å². The fraction of sp³-hybridized carbons (Fsp3) is 0.364. The molecule has 0 radical (unpaired) electrons. The molecule has 1 atom stereocenters. The van der Waals surface area contributed by atoms with Gasteiger partial charge in [-0.1, -0.05) is 13.0 Å². The summed E-state index contributed by atoms with van der Waals surface area (Å²) < 4.78 is 11.1. The van der Waals surface area contributed by atoms with E-state index in [1.807, 2.05) is 18.2 Å². The fourth-order valence-corrected chi connectivity index (χ4v) is 2.86. The molecule has 1 aliphatic carbocycles. The number of esters is 1. The molecule has 140 valence electrons. The zero-order valence-electron chi connectivity index (χ0n) is 15.7. The van der Waals surface area contributed by atoms with E-state index in [0.717, 1.165) is 23.2 Å². The van der Waals surface area contributed by atoms with Crippen LogP contribution in [0.25, 0.3) is 0 Å². The molecule has 0 saturated heterocycles. The van der Waals surface area contributed by atoms with Crippen molar-refractivity contribution >= 4 is 11.7 Å². The lowest BCUT2D eigenvalue weighted by atomic mass is 10.0. The zero-order valence-corrected chi connectivity index (χ0v) is 15.7. The van der Waals surface area contributed by atoms with E-state index < -0.39 is 6.04 Å². The summed E-state index contributed by atoms with van der Waals surface area (Å²) in [6.45, 7) is 2.74. The molecule has 1 N–H and O–H groups in total. The molecule has 2 aromatic rings. The van der Waals surface area contributed by atoms with Crippen LogP contribution >= 0.6 is 0 Å². The highest BCUT2D eigenvalue weighted by Crippen LogP contribution is 2.34. The first-order chi connectivity index (χ1) is 13.1. The van der Waals surface area contributed by atoms with E-state index in [-0.39, 0.29) is 5.97 Å². The average Bonchev–Trinajstić information content (AvgIpc) is 3.55. The van der Waals surface area contributed by atoms with E-state index in [2.05, 4.69) is 18.3 Å². The summed E-state index contributed by atoms with van der Waals surface area (Å²) in [6.07, 6.45) is 3.26. The molecule has 0 spiro atoms. The molecule has 1 unspecified atom stereocenters. The third-order valence-corrected chi connectivity index (χ3v) is 4.73. The molecular formula is C22H24N2O3. The predicted octanol–water partition coefficient (Wildman–Crippen LogP) is 4.24. The van der Waals surface area contributed by atoms with E-state index in [1.54, 1.807) is 24.3 Å². The number of rotatable bonds is 8. The highest BCUT2D eigenvalue weighted by atomic mass is 16.5. The van der Waals surface area contributed by atoms with Crippen LogP contribution in [0, 0.1) is 17.2 Å². The molecule has 3 rings (SSSR count). The first-order valence-corrected chi connectivity index (χ1v) is 9.24. The number of aryl methyl sites for hydroxylation is 1. The standard InChI is InChI=1S/C22H24N2O3/c1-3-15-8-11-20(27-14-17-4-5-17)19(12-15)21(22(25)26-2)24-18-9-6-16(13-23)7-10-18/h6-12,17,21,24H,3-5,14H2,1-2H3. The summed E-state index contributed by atoms with van der Waals surface area (Å²) in [4.78, 5) is 12.5. The van der Waals surface area contributed by atoms with Crippen molar-refractivity contribution in [2.75, 3.05) is 19.0 Å². The van der Waals surface area contributed by atoms with Gasteiger partial charge >= 0.3 is 5.97 Å². The summed E-state index contributed by atoms with van der Waals surface area (Å²) in [5.41, 5.74) is 3.20. The number of nitrogens with one attached hydrogen (secondary N) is 1. The maximum absolute atomic E-state index is 12.5. The van der Waals surface area contributed by atoms with Crippen molar-refractivity contribution in [3.05, 3.63) is 59.2 Å². The van der Waals surface area contributed by atoms with Gasteiger partial charge in [-0.15, -0.1) is 0 Å². The lowest BCUT2D eigenvalue weighted by Crippen LogP contribution is -2.23. The van der Waals surface area contributed by atoms with Crippen LogP contribution in [0.4, 0.5) is 5.69 Å². The van der Waals surface area contributed by atoms with Crippen molar-refractivity contribution in [2.45, 2.75) is 32.2 Å². The summed E-state index contributed by atoms with van der Waals surface area (Å²) in [5, 5.41) is 12.2. The number of nitrogens with zero attached hydrogens (tertiary/aromatic N) is 1. The third-order valence-electron chi connectivity index (χ3n) is 4.73. The Kier molecular flexibility index (Phi) is 5.97. The van der Waals surface area contributed by atoms with Gasteiger partial charge in [-0.25, -0.2) is 4.79 Å². The Balaban J connectivity index is 1.91. The Bertz CT molecular complexity index is 836. The third kappa shape index (κ3) is 4.79. The first-order valence-electron chi connectivity index (χ1n) is 9.24. The number of carbonyl (C=O) groups is 1. The minimum Gasteiger partial charge on any atom is -0.493 e. The molecular weight excluding hydrogens is 340 g/mol. The average molecular weight is 364 g/mol. The Morgan fingerprint density at radius 3 is 2.59 bits per heavy atom. The lowest BCUT2D eigenvalue weighted by Gasteiger charge is -2.22. The fourth-order valence-electron chi connectivity index (χ4n) is 2.86. The molecule has 1 aliphatic rings. The maximum atomic E-state index is 12.5. The highest BCUT2D eigenvalue weighted by molar-refractivity contribution is 5.82. The van der Waals surface area contributed by atoms with Gasteiger partial charge in [-0.05, 0) is 67.1 Å². The van der Waals surface area contributed by atoms with Crippen LogP contribution in [-0.4, -0.2) is 19.7 Å². The van der Waals surface area contributed by atoms with Gasteiger partial charge in [0.2, 0.25) is 0 Å². The van der Waals surface area contributed by atoms with Gasteiger partial charge in [0.05, 0.1) is 25.3 Å². The normalized spacial score (nSPS) is 14.1. The topological polar surface area (TPSA) is 71.3 Å². The number of ether oxygens (including phenoxy) is 2. The second-order valence-corrected chi connectivity index (χ2v) is 6.77. The Hall–Kier alpha value is -3.00. The van der Waals surface area contributed by atoms with Crippen molar-refractivity contribution in [2.24, 2.45) is 5.92 Å². The number of hydrogen-bond donors (Lipinski definition) is 1. The second-order valence-electron chi connectivity index (χ2n) is 6.77. The highest BCUT2D eigenvalue weighted by Gasteiger charge is 2.27. The monoisotopic (exact) mass is 364 g/mol. The van der Waals surface area contributed by atoms with E-state index in [9.17, 15) is 4.79 Å². The predicted molar refractivity (Wildman–Crippen MR) is 104 cm³/mol. The van der Waals surface area contributed by atoms with Gasteiger partial charge < -0.3 is 14.8 Å². The largest absolute Gasteiger partial charge is 0.493 e. The zero-order chi connectivity index (χ0) is 19.2. The first kappa shape index (κ1) is 18.8. The molecule has 0 bridgehead atoms. The van der Waals surface area contributed by atoms with Gasteiger partial charge in [-0.3, -0.25) is 0 Å². The number of anilines is 1. The van der Waals surface area contributed by atoms with Crippen molar-refractivity contribution in [1.82, 2.24) is 0 Å². The van der Waals surface area contributed by atoms with Crippen LogP contribution in [0.3, 0.4) is 0 Å². The molecule has 0 heterocycles. The summed E-state index contributed by atoms with van der Waals surface area (Å²) >= 11 is 0. The molecule has 2 aromatic carbocycles. The van der Waals surface area contributed by atoms with E-state index in [4.69, 9.17) is 14.7 Å². The molecule has 0 aromatic heterocycles. The summed E-state index contributed by atoms with van der Waals surface area (Å²) in [7, 11) is 1.38. The second kappa shape index (κ2) is 8.59. The number of benzene rings is 2. The van der Waals surface area contributed by atoms with Gasteiger partial charge in [-0.2, -0.15) is 5.26 Å². The lowest BCUT2D eigenvalue weighted by molar-refractivity contribution is -0.141. The van der Waals surface area contributed by atoms with Crippen LogP contribution in [0.5, 0.6) is 5.75 Å². The molecule has 27 heavy (non-hydrogen) atoms. The van der Waals surface area contributed by atoms with Crippen molar-refractivity contribution in [1.29, 1.82) is 5.26 Å². The van der Waals surface area contributed by atoms with Crippen LogP contribution in [0.1, 0.15) is 42.5 Å². The number of hydrogen-bond acceptors (Lipinski definition) is 5. The van der Waals surface area contributed by atoms with Gasteiger partial charge in [0, 0.05) is 11.3 Å². The Morgan fingerprint density at radius 1 is 1.26 bits per heavy atom. The van der Waals surface area contributed by atoms with Crippen molar-refractivity contribution in [3.63, 3.8) is 0 Å². The number of nitriles is 1. The Morgan fingerprint density at radius 2 is 2.00 bits per heavy atom. The van der Waals surface area contributed by atoms with Gasteiger partial charge in [0.25, 0.3) is 0 Å². The van der Waals surface area contributed by atoms with Gasteiger partial charge in [0.1, 0.15) is 5.75 Å². The van der Waals surface area contributed by atoms with Crippen LogP contribution < -0.4 is 10.1 Å². The molecule has 0 aliphatic heterocycles. The SMILES string of the molecule is CCc1ccc(OCC2CC2)c(C(Nc2ccc(C#N)cc2)C(=O)OC)c1. The van der Waals surface area contributed by atoms with Crippen LogP contribution in [0.2, 0.25) is 0 Å².